The molecular formula is C15H29NO4. The van der Waals surface area contributed by atoms with E-state index in [2.05, 4.69) is 6.92 Å². The molecule has 3 N–H and O–H groups in total. The Balaban J connectivity index is 3.29. The van der Waals surface area contributed by atoms with Crippen molar-refractivity contribution >= 4 is 11.9 Å². The second-order valence-electron chi connectivity index (χ2n) is 5.18. The number of unbranched alkanes of at least 4 members (excludes halogenated alkanes) is 8. The third-order valence-electron chi connectivity index (χ3n) is 3.22. The van der Waals surface area contributed by atoms with Crippen molar-refractivity contribution in [1.82, 2.24) is 0 Å². The molecule has 0 aliphatic heterocycles. The zero-order valence-corrected chi connectivity index (χ0v) is 12.6. The number of primary amides is 1. The van der Waals surface area contributed by atoms with Crippen molar-refractivity contribution in [1.29, 1.82) is 0 Å². The molecule has 0 aromatic rings. The Hall–Kier alpha value is -1.10. The van der Waals surface area contributed by atoms with Crippen LogP contribution in [0.1, 0.15) is 71.1 Å². The van der Waals surface area contributed by atoms with Gasteiger partial charge < -0.3 is 15.6 Å². The second kappa shape index (κ2) is 12.9. The van der Waals surface area contributed by atoms with Gasteiger partial charge in [-0.3, -0.25) is 9.59 Å². The number of hydrogen-bond donors (Lipinski definition) is 2. The van der Waals surface area contributed by atoms with Crippen LogP contribution < -0.4 is 5.73 Å². The monoisotopic (exact) mass is 287 g/mol. The maximum absolute atomic E-state index is 11.3. The van der Waals surface area contributed by atoms with Gasteiger partial charge in [0.15, 0.2) is 6.10 Å². The zero-order chi connectivity index (χ0) is 15.2. The number of aliphatic hydroxyl groups excluding tert-OH is 1. The van der Waals surface area contributed by atoms with Crippen molar-refractivity contribution in [3.63, 3.8) is 0 Å². The van der Waals surface area contributed by atoms with Crippen LogP contribution in [0.4, 0.5) is 0 Å². The summed E-state index contributed by atoms with van der Waals surface area (Å²) in [5, 5.41) is 9.05. The Morgan fingerprint density at radius 3 is 2.00 bits per heavy atom. The number of carbonyl (C=O) groups excluding carboxylic acids is 2. The summed E-state index contributed by atoms with van der Waals surface area (Å²) in [7, 11) is 0. The van der Waals surface area contributed by atoms with Gasteiger partial charge >= 0.3 is 5.97 Å². The number of hydrogen-bond acceptors (Lipinski definition) is 4. The molecule has 0 spiro atoms. The smallest absolute Gasteiger partial charge is 0.305 e. The number of nitrogens with two attached hydrogens (primary N) is 1. The summed E-state index contributed by atoms with van der Waals surface area (Å²) < 4.78 is 4.75. The molecule has 0 saturated heterocycles. The van der Waals surface area contributed by atoms with Crippen LogP contribution in [0, 0.1) is 0 Å². The van der Waals surface area contributed by atoms with Crippen LogP contribution in [-0.2, 0) is 14.3 Å². The number of esters is 1. The summed E-state index contributed by atoms with van der Waals surface area (Å²) in [4.78, 5) is 21.8. The fourth-order valence-corrected chi connectivity index (χ4v) is 1.91. The largest absolute Gasteiger partial charge is 0.462 e. The summed E-state index contributed by atoms with van der Waals surface area (Å²) in [6.45, 7) is 1.87. The van der Waals surface area contributed by atoms with E-state index < -0.39 is 12.0 Å². The summed E-state index contributed by atoms with van der Waals surface area (Å²) >= 11 is 0. The van der Waals surface area contributed by atoms with Crippen LogP contribution in [0.5, 0.6) is 0 Å². The summed E-state index contributed by atoms with van der Waals surface area (Å²) in [6.07, 6.45) is 9.60. The fourth-order valence-electron chi connectivity index (χ4n) is 1.91. The van der Waals surface area contributed by atoms with Gasteiger partial charge in [0, 0.05) is 6.42 Å². The average Bonchev–Trinajstić information content (AvgIpc) is 2.42. The predicted octanol–water partition coefficient (Wildman–Crippen LogP) is 2.30. The third kappa shape index (κ3) is 12.0. The Bertz CT molecular complexity index is 269. The van der Waals surface area contributed by atoms with E-state index in [9.17, 15) is 9.59 Å². The van der Waals surface area contributed by atoms with Gasteiger partial charge in [0.05, 0.1) is 0 Å². The first-order valence-corrected chi connectivity index (χ1v) is 7.71. The number of carbonyl (C=O) groups is 2. The molecule has 0 aromatic heterocycles. The van der Waals surface area contributed by atoms with Crippen molar-refractivity contribution in [2.75, 3.05) is 6.61 Å². The molecule has 0 rings (SSSR count). The lowest BCUT2D eigenvalue weighted by molar-refractivity contribution is -0.148. The van der Waals surface area contributed by atoms with E-state index in [1.165, 1.54) is 38.5 Å². The molecule has 0 bridgehead atoms. The maximum Gasteiger partial charge on any atom is 0.305 e. The minimum absolute atomic E-state index is 0.335. The molecule has 0 saturated carbocycles. The zero-order valence-electron chi connectivity index (χ0n) is 12.6. The van der Waals surface area contributed by atoms with E-state index in [1.807, 2.05) is 0 Å². The quantitative estimate of drug-likeness (QED) is 0.402. The highest BCUT2D eigenvalue weighted by atomic mass is 16.5. The molecule has 0 aliphatic carbocycles. The Morgan fingerprint density at radius 1 is 1.00 bits per heavy atom. The maximum atomic E-state index is 11.3. The van der Waals surface area contributed by atoms with Gasteiger partial charge in [0.2, 0.25) is 5.91 Å². The van der Waals surface area contributed by atoms with Crippen molar-refractivity contribution in [2.45, 2.75) is 77.2 Å². The topological polar surface area (TPSA) is 89.6 Å². The molecule has 0 aromatic carbocycles. The molecule has 118 valence electrons. The van der Waals surface area contributed by atoms with Gasteiger partial charge in [-0.15, -0.1) is 0 Å². The molecule has 0 radical (unpaired) electrons. The predicted molar refractivity (Wildman–Crippen MR) is 78.0 cm³/mol. The first-order valence-electron chi connectivity index (χ1n) is 7.71. The number of amides is 1. The molecule has 20 heavy (non-hydrogen) atoms. The average molecular weight is 287 g/mol. The van der Waals surface area contributed by atoms with E-state index in [0.717, 1.165) is 19.3 Å². The van der Waals surface area contributed by atoms with Crippen LogP contribution in [0.25, 0.3) is 0 Å². The summed E-state index contributed by atoms with van der Waals surface area (Å²) in [5.41, 5.74) is 4.84. The molecule has 0 aliphatic rings. The molecule has 1 amide bonds. The highest BCUT2D eigenvalue weighted by molar-refractivity contribution is 5.79. The van der Waals surface area contributed by atoms with Crippen molar-refractivity contribution < 1.29 is 19.4 Å². The Morgan fingerprint density at radius 2 is 1.50 bits per heavy atom. The minimum Gasteiger partial charge on any atom is -0.462 e. The van der Waals surface area contributed by atoms with Crippen LogP contribution in [0.15, 0.2) is 0 Å². The van der Waals surface area contributed by atoms with Gasteiger partial charge in [0.1, 0.15) is 6.61 Å². The number of ether oxygens (including phenoxy) is 1. The van der Waals surface area contributed by atoms with Crippen LogP contribution in [0.3, 0.4) is 0 Å². The third-order valence-corrected chi connectivity index (χ3v) is 3.22. The standard InChI is InChI=1S/C15H29NO4/c1-2-3-4-5-6-7-8-9-10-11-14(18)20-12-13(17)15(16)19/h13,17H,2-12H2,1H3,(H2,16,19). The Labute approximate surface area is 121 Å². The Kier molecular flexibility index (Phi) is 12.2. The molecular weight excluding hydrogens is 258 g/mol. The second-order valence-corrected chi connectivity index (χ2v) is 5.18. The highest BCUT2D eigenvalue weighted by Crippen LogP contribution is 2.10. The van der Waals surface area contributed by atoms with E-state index in [1.54, 1.807) is 0 Å². The molecule has 5 nitrogen and oxygen atoms in total. The summed E-state index contributed by atoms with van der Waals surface area (Å²) in [6, 6.07) is 0. The first kappa shape index (κ1) is 18.9. The first-order chi connectivity index (χ1) is 9.57. The van der Waals surface area contributed by atoms with Crippen molar-refractivity contribution in [2.24, 2.45) is 5.73 Å². The number of rotatable bonds is 13. The molecule has 1 atom stereocenters. The molecule has 0 fully saturated rings. The number of aliphatic hydroxyl groups is 1. The van der Waals surface area contributed by atoms with E-state index in [4.69, 9.17) is 15.6 Å². The van der Waals surface area contributed by atoms with Crippen LogP contribution >= 0.6 is 0 Å². The molecule has 5 heteroatoms. The lowest BCUT2D eigenvalue weighted by Gasteiger charge is -2.07. The van der Waals surface area contributed by atoms with Crippen molar-refractivity contribution in [3.8, 4) is 0 Å². The lowest BCUT2D eigenvalue weighted by Crippen LogP contribution is -2.33. The molecule has 0 heterocycles. The molecule has 1 unspecified atom stereocenters. The van der Waals surface area contributed by atoms with Gasteiger partial charge in [-0.2, -0.15) is 0 Å². The van der Waals surface area contributed by atoms with E-state index in [-0.39, 0.29) is 12.6 Å². The van der Waals surface area contributed by atoms with Crippen molar-refractivity contribution in [3.05, 3.63) is 0 Å². The van der Waals surface area contributed by atoms with Gasteiger partial charge in [-0.05, 0) is 6.42 Å². The lowest BCUT2D eigenvalue weighted by atomic mass is 10.1. The fraction of sp³-hybridized carbons (Fsp3) is 0.867. The van der Waals surface area contributed by atoms with Crippen LogP contribution in [-0.4, -0.2) is 29.7 Å². The highest BCUT2D eigenvalue weighted by Gasteiger charge is 2.13. The van der Waals surface area contributed by atoms with Gasteiger partial charge in [-0.25, -0.2) is 0 Å². The van der Waals surface area contributed by atoms with E-state index >= 15 is 0 Å². The summed E-state index contributed by atoms with van der Waals surface area (Å²) in [5.74, 6) is -1.26. The SMILES string of the molecule is CCCCCCCCCCCC(=O)OCC(O)C(N)=O. The normalized spacial score (nSPS) is 12.1. The van der Waals surface area contributed by atoms with E-state index in [0.29, 0.717) is 6.42 Å². The van der Waals surface area contributed by atoms with Gasteiger partial charge in [-0.1, -0.05) is 58.3 Å². The van der Waals surface area contributed by atoms with Gasteiger partial charge in [0.25, 0.3) is 0 Å². The van der Waals surface area contributed by atoms with Crippen LogP contribution in [0.2, 0.25) is 0 Å². The minimum atomic E-state index is -1.40.